The van der Waals surface area contributed by atoms with Crippen LogP contribution in [0, 0.1) is 11.8 Å². The smallest absolute Gasteiger partial charge is 0.410 e. The maximum absolute atomic E-state index is 12.0. The fourth-order valence-electron chi connectivity index (χ4n) is 3.76. The van der Waals surface area contributed by atoms with Crippen LogP contribution in [0.25, 0.3) is 0 Å². The zero-order valence-electron chi connectivity index (χ0n) is 17.6. The second-order valence-corrected chi connectivity index (χ2v) is 8.01. The molecule has 7 nitrogen and oxygen atoms in total. The maximum atomic E-state index is 12.0. The first kappa shape index (κ1) is 24.2. The minimum Gasteiger partial charge on any atom is -0.481 e. The number of amides is 1. The molecule has 162 valence electrons. The van der Waals surface area contributed by atoms with Gasteiger partial charge in [-0.1, -0.05) is 52.4 Å². The van der Waals surface area contributed by atoms with Crippen molar-refractivity contribution in [1.82, 2.24) is 5.32 Å². The number of hydrogen-bond acceptors (Lipinski definition) is 5. The normalized spacial score (nSPS) is 21.4. The average molecular weight is 400 g/mol. The Hall–Kier alpha value is -1.79. The van der Waals surface area contributed by atoms with Crippen molar-refractivity contribution >= 4 is 18.0 Å². The number of esters is 1. The molecule has 0 bridgehead atoms. The van der Waals surface area contributed by atoms with Crippen LogP contribution in [-0.2, 0) is 19.1 Å². The van der Waals surface area contributed by atoms with Gasteiger partial charge in [-0.25, -0.2) is 4.79 Å². The van der Waals surface area contributed by atoms with E-state index in [1.807, 2.05) is 0 Å². The van der Waals surface area contributed by atoms with Crippen molar-refractivity contribution in [2.24, 2.45) is 11.8 Å². The number of alkyl carbamates (subject to hydrolysis) is 1. The molecule has 1 aliphatic carbocycles. The van der Waals surface area contributed by atoms with Gasteiger partial charge in [-0.2, -0.15) is 0 Å². The Morgan fingerprint density at radius 1 is 1.11 bits per heavy atom. The Morgan fingerprint density at radius 2 is 1.86 bits per heavy atom. The van der Waals surface area contributed by atoms with E-state index in [4.69, 9.17) is 14.6 Å². The Bertz CT molecular complexity index is 495. The van der Waals surface area contributed by atoms with Crippen LogP contribution >= 0.6 is 0 Å². The van der Waals surface area contributed by atoms with Crippen LogP contribution in [0.5, 0.6) is 0 Å². The summed E-state index contributed by atoms with van der Waals surface area (Å²) in [6.45, 7) is 5.46. The van der Waals surface area contributed by atoms with Gasteiger partial charge in [0.05, 0.1) is 0 Å². The first-order valence-corrected chi connectivity index (χ1v) is 10.7. The second-order valence-electron chi connectivity index (χ2n) is 8.01. The summed E-state index contributed by atoms with van der Waals surface area (Å²) in [6.07, 6.45) is 8.32. The van der Waals surface area contributed by atoms with Gasteiger partial charge >= 0.3 is 18.0 Å². The Morgan fingerprint density at radius 3 is 2.54 bits per heavy atom. The van der Waals surface area contributed by atoms with Crippen molar-refractivity contribution in [3.05, 3.63) is 0 Å². The molecule has 0 radical (unpaired) electrons. The van der Waals surface area contributed by atoms with E-state index < -0.39 is 24.3 Å². The average Bonchev–Trinajstić information content (AvgIpc) is 2.63. The van der Waals surface area contributed by atoms with E-state index >= 15 is 0 Å². The quantitative estimate of drug-likeness (QED) is 0.282. The molecule has 2 unspecified atom stereocenters. The third kappa shape index (κ3) is 11.1. The summed E-state index contributed by atoms with van der Waals surface area (Å²) in [6, 6.07) is 0.103. The third-order valence-corrected chi connectivity index (χ3v) is 5.37. The lowest BCUT2D eigenvalue weighted by molar-refractivity contribution is -0.164. The second kappa shape index (κ2) is 13.4. The molecule has 1 rings (SSSR count). The Kier molecular flexibility index (Phi) is 11.6. The van der Waals surface area contributed by atoms with E-state index in [1.54, 1.807) is 6.92 Å². The van der Waals surface area contributed by atoms with Gasteiger partial charge in [0, 0.05) is 25.8 Å². The molecule has 2 N–H and O–H groups in total. The summed E-state index contributed by atoms with van der Waals surface area (Å²) < 4.78 is 10.0. The molecule has 1 fully saturated rings. The lowest BCUT2D eigenvalue weighted by Crippen LogP contribution is -2.40. The molecular weight excluding hydrogens is 362 g/mol. The van der Waals surface area contributed by atoms with E-state index in [0.717, 1.165) is 51.4 Å². The number of hydrogen-bond donors (Lipinski definition) is 2. The number of rotatable bonds is 12. The van der Waals surface area contributed by atoms with Crippen molar-refractivity contribution in [3.63, 3.8) is 0 Å². The molecule has 28 heavy (non-hydrogen) atoms. The number of ether oxygens (including phenoxy) is 2. The van der Waals surface area contributed by atoms with E-state index in [0.29, 0.717) is 11.8 Å². The van der Waals surface area contributed by atoms with Crippen molar-refractivity contribution in [2.45, 2.75) is 104 Å². The molecule has 0 spiro atoms. The number of carboxylic acid groups (broad SMARTS) is 1. The molecule has 4 atom stereocenters. The molecule has 0 aromatic rings. The van der Waals surface area contributed by atoms with Gasteiger partial charge in [-0.15, -0.1) is 0 Å². The van der Waals surface area contributed by atoms with Gasteiger partial charge in [0.2, 0.25) is 6.29 Å². The highest BCUT2D eigenvalue weighted by atomic mass is 16.7. The predicted molar refractivity (Wildman–Crippen MR) is 106 cm³/mol. The van der Waals surface area contributed by atoms with Crippen LogP contribution in [0.4, 0.5) is 4.79 Å². The summed E-state index contributed by atoms with van der Waals surface area (Å²) in [5.41, 5.74) is 0. The molecular formula is C21H37NO6. The summed E-state index contributed by atoms with van der Waals surface area (Å²) in [7, 11) is 0. The van der Waals surface area contributed by atoms with Crippen molar-refractivity contribution in [3.8, 4) is 0 Å². The van der Waals surface area contributed by atoms with E-state index in [2.05, 4.69) is 12.2 Å². The minimum atomic E-state index is -0.881. The van der Waals surface area contributed by atoms with Gasteiger partial charge in [0.15, 0.2) is 0 Å². The van der Waals surface area contributed by atoms with Crippen molar-refractivity contribution in [2.75, 3.05) is 0 Å². The van der Waals surface area contributed by atoms with E-state index in [9.17, 15) is 14.4 Å². The fraction of sp³-hybridized carbons (Fsp3) is 0.857. The molecule has 0 heterocycles. The van der Waals surface area contributed by atoms with Crippen molar-refractivity contribution < 1.29 is 29.0 Å². The first-order chi connectivity index (χ1) is 13.3. The number of nitrogens with one attached hydrogen (secondary N) is 1. The SMILES string of the molecule is CCC(=O)O[C@@H](C)OC(=O)NC1CCCC(CC[C@H](C)CCCCC(=O)O)C1. The molecule has 7 heteroatoms. The minimum absolute atomic E-state index is 0.103. The van der Waals surface area contributed by atoms with Crippen LogP contribution < -0.4 is 5.32 Å². The first-order valence-electron chi connectivity index (χ1n) is 10.7. The van der Waals surface area contributed by atoms with Crippen molar-refractivity contribution in [1.29, 1.82) is 0 Å². The number of unbranched alkanes of at least 4 members (excludes halogenated alkanes) is 1. The molecule has 0 aromatic heterocycles. The lowest BCUT2D eigenvalue weighted by atomic mass is 9.81. The van der Waals surface area contributed by atoms with E-state index in [-0.39, 0.29) is 18.9 Å². The van der Waals surface area contributed by atoms with Gasteiger partial charge in [0.25, 0.3) is 0 Å². The molecule has 0 saturated heterocycles. The highest BCUT2D eigenvalue weighted by Crippen LogP contribution is 2.30. The van der Waals surface area contributed by atoms with Gasteiger partial charge in [0.1, 0.15) is 0 Å². The van der Waals surface area contributed by atoms with Gasteiger partial charge in [-0.3, -0.25) is 9.59 Å². The number of carbonyl (C=O) groups excluding carboxylic acids is 2. The molecule has 1 aliphatic rings. The summed E-state index contributed by atoms with van der Waals surface area (Å²) in [5.74, 6) is 0.0806. The Labute approximate surface area is 168 Å². The van der Waals surface area contributed by atoms with Crippen LogP contribution in [0.2, 0.25) is 0 Å². The summed E-state index contributed by atoms with van der Waals surface area (Å²) >= 11 is 0. The zero-order chi connectivity index (χ0) is 20.9. The molecule has 1 amide bonds. The molecule has 0 aliphatic heterocycles. The zero-order valence-corrected chi connectivity index (χ0v) is 17.6. The maximum Gasteiger partial charge on any atom is 0.410 e. The largest absolute Gasteiger partial charge is 0.481 e. The highest BCUT2D eigenvalue weighted by molar-refractivity contribution is 5.70. The third-order valence-electron chi connectivity index (χ3n) is 5.37. The Balaban J connectivity index is 2.23. The summed E-state index contributed by atoms with van der Waals surface area (Å²) in [4.78, 5) is 33.8. The number of carboxylic acids is 1. The summed E-state index contributed by atoms with van der Waals surface area (Å²) in [5, 5.41) is 11.6. The molecule has 1 saturated carbocycles. The van der Waals surface area contributed by atoms with Gasteiger partial charge < -0.3 is 19.9 Å². The van der Waals surface area contributed by atoms with Crippen LogP contribution in [-0.4, -0.2) is 35.5 Å². The van der Waals surface area contributed by atoms with Crippen LogP contribution in [0.1, 0.15) is 91.4 Å². The highest BCUT2D eigenvalue weighted by Gasteiger charge is 2.25. The predicted octanol–water partition coefficient (Wildman–Crippen LogP) is 4.63. The van der Waals surface area contributed by atoms with E-state index in [1.165, 1.54) is 13.3 Å². The fourth-order valence-corrected chi connectivity index (χ4v) is 3.76. The molecule has 0 aromatic carbocycles. The standard InChI is InChI=1S/C21H37NO6/c1-4-20(25)27-16(3)28-21(26)22-18-10-7-9-17(14-18)13-12-15(2)8-5-6-11-19(23)24/h15-18H,4-14H2,1-3H3,(H,22,26)(H,23,24)/t15-,16-,17?,18?/m1/s1. The van der Waals surface area contributed by atoms with Crippen LogP contribution in [0.3, 0.4) is 0 Å². The number of aliphatic carboxylic acids is 1. The lowest BCUT2D eigenvalue weighted by Gasteiger charge is -2.30. The van der Waals surface area contributed by atoms with Gasteiger partial charge in [-0.05, 0) is 31.1 Å². The topological polar surface area (TPSA) is 102 Å². The monoisotopic (exact) mass is 399 g/mol. The van der Waals surface area contributed by atoms with Crippen LogP contribution in [0.15, 0.2) is 0 Å². The number of carbonyl (C=O) groups is 3.